The Kier molecular flexibility index (Phi) is 4.52. The van der Waals surface area contributed by atoms with E-state index in [4.69, 9.17) is 9.47 Å². The molecule has 0 unspecified atom stereocenters. The van der Waals surface area contributed by atoms with E-state index in [1.165, 1.54) is 0 Å². The Morgan fingerprint density at radius 3 is 2.25 bits per heavy atom. The smallest absolute Gasteiger partial charge is 0.258 e. The molecule has 1 amide bonds. The molecule has 0 saturated heterocycles. The molecule has 3 aromatic carbocycles. The summed E-state index contributed by atoms with van der Waals surface area (Å²) >= 11 is 0. The van der Waals surface area contributed by atoms with Crippen LogP contribution in [0.15, 0.2) is 54.6 Å². The predicted molar refractivity (Wildman–Crippen MR) is 96.6 cm³/mol. The van der Waals surface area contributed by atoms with E-state index in [1.54, 1.807) is 36.4 Å². The van der Waals surface area contributed by atoms with Gasteiger partial charge < -0.3 is 20.1 Å². The number of hydrogen-bond donors (Lipinski definition) is 2. The SMILES string of the molecule is O=C(Nc1ccc(Nc2ccc3c(c2)OCO3)cc1)c1ccc(F)c(F)c1F. The summed E-state index contributed by atoms with van der Waals surface area (Å²) in [5.74, 6) is -4.13. The molecule has 1 aliphatic heterocycles. The van der Waals surface area contributed by atoms with Crippen LogP contribution in [0.25, 0.3) is 0 Å². The number of nitrogens with one attached hydrogen (secondary N) is 2. The van der Waals surface area contributed by atoms with Crippen LogP contribution in [0, 0.1) is 17.5 Å². The largest absolute Gasteiger partial charge is 0.454 e. The summed E-state index contributed by atoms with van der Waals surface area (Å²) in [6.07, 6.45) is 0. The lowest BCUT2D eigenvalue weighted by atomic mass is 10.1. The van der Waals surface area contributed by atoms with Crippen LogP contribution in [0.5, 0.6) is 11.5 Å². The van der Waals surface area contributed by atoms with E-state index in [-0.39, 0.29) is 6.79 Å². The Morgan fingerprint density at radius 1 is 0.786 bits per heavy atom. The molecular formula is C20H13F3N2O3. The first kappa shape index (κ1) is 17.7. The molecule has 3 aromatic rings. The molecule has 0 atom stereocenters. The number of benzene rings is 3. The molecule has 4 rings (SSSR count). The summed E-state index contributed by atoms with van der Waals surface area (Å²) in [6, 6.07) is 13.6. The Bertz CT molecular complexity index is 1060. The fraction of sp³-hybridized carbons (Fsp3) is 0.0500. The summed E-state index contributed by atoms with van der Waals surface area (Å²) in [5, 5.41) is 5.61. The van der Waals surface area contributed by atoms with Crippen LogP contribution < -0.4 is 20.1 Å². The molecule has 0 saturated carbocycles. The number of anilines is 3. The zero-order valence-electron chi connectivity index (χ0n) is 14.3. The zero-order chi connectivity index (χ0) is 19.7. The van der Waals surface area contributed by atoms with Crippen molar-refractivity contribution >= 4 is 23.0 Å². The molecule has 1 heterocycles. The van der Waals surface area contributed by atoms with Crippen molar-refractivity contribution in [2.24, 2.45) is 0 Å². The van der Waals surface area contributed by atoms with E-state index in [0.717, 1.165) is 17.4 Å². The van der Waals surface area contributed by atoms with Crippen LogP contribution in [0.3, 0.4) is 0 Å². The fourth-order valence-electron chi connectivity index (χ4n) is 2.68. The van der Waals surface area contributed by atoms with Gasteiger partial charge in [0.25, 0.3) is 5.91 Å². The van der Waals surface area contributed by atoms with E-state index in [0.29, 0.717) is 23.3 Å². The van der Waals surface area contributed by atoms with Crippen molar-refractivity contribution in [2.45, 2.75) is 0 Å². The number of rotatable bonds is 4. The van der Waals surface area contributed by atoms with Crippen LogP contribution in [-0.2, 0) is 0 Å². The second kappa shape index (κ2) is 7.15. The molecule has 5 nitrogen and oxygen atoms in total. The molecule has 0 aliphatic carbocycles. The molecule has 142 valence electrons. The molecule has 0 fully saturated rings. The average molecular weight is 386 g/mol. The van der Waals surface area contributed by atoms with Gasteiger partial charge >= 0.3 is 0 Å². The molecule has 0 radical (unpaired) electrons. The minimum Gasteiger partial charge on any atom is -0.454 e. The highest BCUT2D eigenvalue weighted by molar-refractivity contribution is 6.04. The van der Waals surface area contributed by atoms with E-state index in [9.17, 15) is 18.0 Å². The number of halogens is 3. The van der Waals surface area contributed by atoms with Crippen molar-refractivity contribution < 1.29 is 27.4 Å². The number of amides is 1. The summed E-state index contributed by atoms with van der Waals surface area (Å²) < 4.78 is 50.5. The molecule has 0 aromatic heterocycles. The topological polar surface area (TPSA) is 59.6 Å². The second-order valence-corrected chi connectivity index (χ2v) is 5.95. The van der Waals surface area contributed by atoms with Crippen molar-refractivity contribution in [1.29, 1.82) is 0 Å². The van der Waals surface area contributed by atoms with Crippen molar-refractivity contribution in [3.05, 3.63) is 77.6 Å². The number of hydrogen-bond acceptors (Lipinski definition) is 4. The molecule has 0 bridgehead atoms. The van der Waals surface area contributed by atoms with Gasteiger partial charge in [0, 0.05) is 23.1 Å². The van der Waals surface area contributed by atoms with E-state index in [2.05, 4.69) is 10.6 Å². The van der Waals surface area contributed by atoms with Gasteiger partial charge in [-0.3, -0.25) is 4.79 Å². The maximum atomic E-state index is 13.7. The van der Waals surface area contributed by atoms with E-state index < -0.39 is 28.9 Å². The fourth-order valence-corrected chi connectivity index (χ4v) is 2.68. The van der Waals surface area contributed by atoms with Crippen molar-refractivity contribution in [1.82, 2.24) is 0 Å². The van der Waals surface area contributed by atoms with Gasteiger partial charge in [0.15, 0.2) is 29.0 Å². The van der Waals surface area contributed by atoms with Crippen molar-refractivity contribution in [3.8, 4) is 11.5 Å². The lowest BCUT2D eigenvalue weighted by Crippen LogP contribution is -2.15. The highest BCUT2D eigenvalue weighted by Crippen LogP contribution is 2.35. The number of ether oxygens (including phenoxy) is 2. The summed E-state index contributed by atoms with van der Waals surface area (Å²) in [7, 11) is 0. The monoisotopic (exact) mass is 386 g/mol. The zero-order valence-corrected chi connectivity index (χ0v) is 14.3. The van der Waals surface area contributed by atoms with Crippen molar-refractivity contribution in [2.75, 3.05) is 17.4 Å². The summed E-state index contributed by atoms with van der Waals surface area (Å²) in [5.41, 5.74) is 1.30. The highest BCUT2D eigenvalue weighted by Gasteiger charge is 2.19. The van der Waals surface area contributed by atoms with Gasteiger partial charge in [-0.2, -0.15) is 0 Å². The Hall–Kier alpha value is -3.68. The van der Waals surface area contributed by atoms with Gasteiger partial charge in [0.2, 0.25) is 6.79 Å². The maximum Gasteiger partial charge on any atom is 0.258 e. The first-order valence-corrected chi connectivity index (χ1v) is 8.23. The Balaban J connectivity index is 1.45. The lowest BCUT2D eigenvalue weighted by Gasteiger charge is -2.10. The van der Waals surface area contributed by atoms with Gasteiger partial charge in [-0.25, -0.2) is 13.2 Å². The first-order chi connectivity index (χ1) is 13.5. The quantitative estimate of drug-likeness (QED) is 0.631. The minimum atomic E-state index is -1.68. The predicted octanol–water partition coefficient (Wildman–Crippen LogP) is 4.83. The minimum absolute atomic E-state index is 0.186. The molecule has 2 N–H and O–H groups in total. The van der Waals surface area contributed by atoms with Crippen LogP contribution >= 0.6 is 0 Å². The summed E-state index contributed by atoms with van der Waals surface area (Å²) in [4.78, 5) is 12.1. The van der Waals surface area contributed by atoms with Crippen LogP contribution in [-0.4, -0.2) is 12.7 Å². The highest BCUT2D eigenvalue weighted by atomic mass is 19.2. The molecular weight excluding hydrogens is 373 g/mol. The second-order valence-electron chi connectivity index (χ2n) is 5.95. The normalized spacial score (nSPS) is 12.0. The van der Waals surface area contributed by atoms with Crippen LogP contribution in [0.2, 0.25) is 0 Å². The third kappa shape index (κ3) is 3.44. The average Bonchev–Trinajstić information content (AvgIpc) is 3.15. The van der Waals surface area contributed by atoms with E-state index in [1.807, 2.05) is 6.07 Å². The van der Waals surface area contributed by atoms with Crippen molar-refractivity contribution in [3.63, 3.8) is 0 Å². The van der Waals surface area contributed by atoms with Gasteiger partial charge in [0.05, 0.1) is 5.56 Å². The molecule has 28 heavy (non-hydrogen) atoms. The summed E-state index contributed by atoms with van der Waals surface area (Å²) in [6.45, 7) is 0.186. The van der Waals surface area contributed by atoms with Crippen LogP contribution in [0.4, 0.5) is 30.2 Å². The van der Waals surface area contributed by atoms with Gasteiger partial charge in [-0.05, 0) is 48.5 Å². The number of carbonyl (C=O) groups is 1. The third-order valence-corrected chi connectivity index (χ3v) is 4.08. The third-order valence-electron chi connectivity index (χ3n) is 4.08. The standard InChI is InChI=1S/C20H13F3N2O3/c21-15-7-6-14(18(22)19(15)23)20(26)25-12-3-1-11(2-4-12)24-13-5-8-16-17(9-13)28-10-27-16/h1-9,24H,10H2,(H,25,26). The van der Waals surface area contributed by atoms with Gasteiger partial charge in [0.1, 0.15) is 0 Å². The molecule has 1 aliphatic rings. The molecule has 0 spiro atoms. The Labute approximate surface area is 157 Å². The number of carbonyl (C=O) groups excluding carboxylic acids is 1. The van der Waals surface area contributed by atoms with Gasteiger partial charge in [-0.1, -0.05) is 0 Å². The number of fused-ring (bicyclic) bond motifs is 1. The van der Waals surface area contributed by atoms with Gasteiger partial charge in [-0.15, -0.1) is 0 Å². The van der Waals surface area contributed by atoms with E-state index >= 15 is 0 Å². The molecule has 8 heteroatoms. The first-order valence-electron chi connectivity index (χ1n) is 8.23. The van der Waals surface area contributed by atoms with Crippen LogP contribution in [0.1, 0.15) is 10.4 Å². The maximum absolute atomic E-state index is 13.7. The Morgan fingerprint density at radius 2 is 1.46 bits per heavy atom. The lowest BCUT2D eigenvalue weighted by molar-refractivity contribution is 0.102.